The van der Waals surface area contributed by atoms with Crippen molar-refractivity contribution in [3.05, 3.63) is 82.9 Å². The van der Waals surface area contributed by atoms with Crippen molar-refractivity contribution >= 4 is 12.2 Å². The molecule has 0 fully saturated rings. The second-order valence-corrected chi connectivity index (χ2v) is 6.09. The molecule has 3 rings (SSSR count). The predicted octanol–water partition coefficient (Wildman–Crippen LogP) is 4.46. The Balaban J connectivity index is 1.78. The number of phenolic OH excluding ortho intramolecular Hbond substituents is 4. The van der Waals surface area contributed by atoms with E-state index in [0.29, 0.717) is 0 Å². The third-order valence-corrected chi connectivity index (χ3v) is 4.21. The lowest BCUT2D eigenvalue weighted by atomic mass is 10.0. The SMILES string of the molecule is Oc1cc(O)c(O)c(/C=C/c2cccc(CCc3ccccc3)c2)c1O. The molecule has 0 unspecified atom stereocenters. The third-order valence-electron chi connectivity index (χ3n) is 4.21. The summed E-state index contributed by atoms with van der Waals surface area (Å²) in [5, 5.41) is 38.9. The normalized spacial score (nSPS) is 11.1. The highest BCUT2D eigenvalue weighted by molar-refractivity contribution is 5.79. The van der Waals surface area contributed by atoms with E-state index in [1.807, 2.05) is 36.4 Å². The maximum Gasteiger partial charge on any atom is 0.168 e. The summed E-state index contributed by atoms with van der Waals surface area (Å²) in [7, 11) is 0. The van der Waals surface area contributed by atoms with Crippen molar-refractivity contribution in [3.63, 3.8) is 0 Å². The second-order valence-electron chi connectivity index (χ2n) is 6.09. The molecule has 0 saturated carbocycles. The number of rotatable bonds is 5. The molecule has 0 radical (unpaired) electrons. The minimum Gasteiger partial charge on any atom is -0.504 e. The Morgan fingerprint density at radius 3 is 1.92 bits per heavy atom. The summed E-state index contributed by atoms with van der Waals surface area (Å²) in [6.45, 7) is 0. The van der Waals surface area contributed by atoms with Gasteiger partial charge in [-0.2, -0.15) is 0 Å². The Morgan fingerprint density at radius 2 is 1.23 bits per heavy atom. The van der Waals surface area contributed by atoms with E-state index in [4.69, 9.17) is 0 Å². The summed E-state index contributed by atoms with van der Waals surface area (Å²) in [6, 6.07) is 19.1. The molecule has 0 aromatic heterocycles. The number of aromatic hydroxyl groups is 4. The summed E-state index contributed by atoms with van der Waals surface area (Å²) < 4.78 is 0. The largest absolute Gasteiger partial charge is 0.504 e. The molecule has 4 nitrogen and oxygen atoms in total. The fourth-order valence-electron chi connectivity index (χ4n) is 2.78. The molecule has 0 aliphatic carbocycles. The lowest BCUT2D eigenvalue weighted by Crippen LogP contribution is -1.91. The summed E-state index contributed by atoms with van der Waals surface area (Å²) in [4.78, 5) is 0. The van der Waals surface area contributed by atoms with Crippen LogP contribution in [0.15, 0.2) is 60.7 Å². The van der Waals surface area contributed by atoms with E-state index in [2.05, 4.69) is 18.2 Å². The van der Waals surface area contributed by atoms with Crippen LogP contribution in [0.4, 0.5) is 0 Å². The first-order chi connectivity index (χ1) is 12.5. The monoisotopic (exact) mass is 348 g/mol. The van der Waals surface area contributed by atoms with E-state index in [-0.39, 0.29) is 5.56 Å². The minimum absolute atomic E-state index is 0.0304. The Labute approximate surface area is 151 Å². The van der Waals surface area contributed by atoms with Gasteiger partial charge in [0.15, 0.2) is 23.0 Å². The molecule has 26 heavy (non-hydrogen) atoms. The van der Waals surface area contributed by atoms with E-state index in [0.717, 1.165) is 24.5 Å². The van der Waals surface area contributed by atoms with E-state index in [9.17, 15) is 20.4 Å². The van der Waals surface area contributed by atoms with Crippen molar-refractivity contribution in [3.8, 4) is 23.0 Å². The quantitative estimate of drug-likeness (QED) is 0.312. The second kappa shape index (κ2) is 7.66. The van der Waals surface area contributed by atoms with Crippen molar-refractivity contribution in [1.82, 2.24) is 0 Å². The molecule has 3 aromatic rings. The average molecular weight is 348 g/mol. The highest BCUT2D eigenvalue weighted by Crippen LogP contribution is 2.42. The van der Waals surface area contributed by atoms with Gasteiger partial charge in [0.2, 0.25) is 0 Å². The van der Waals surface area contributed by atoms with Gasteiger partial charge < -0.3 is 20.4 Å². The van der Waals surface area contributed by atoms with Crippen LogP contribution < -0.4 is 0 Å². The Kier molecular flexibility index (Phi) is 5.13. The zero-order chi connectivity index (χ0) is 18.5. The lowest BCUT2D eigenvalue weighted by molar-refractivity contribution is 0.371. The maximum absolute atomic E-state index is 9.87. The topological polar surface area (TPSA) is 80.9 Å². The molecule has 0 bridgehead atoms. The lowest BCUT2D eigenvalue weighted by Gasteiger charge is -2.07. The van der Waals surface area contributed by atoms with Crippen molar-refractivity contribution in [2.24, 2.45) is 0 Å². The molecule has 4 heteroatoms. The van der Waals surface area contributed by atoms with Gasteiger partial charge in [0.05, 0.1) is 5.56 Å². The molecule has 132 valence electrons. The molecule has 4 N–H and O–H groups in total. The van der Waals surface area contributed by atoms with Gasteiger partial charge in [0.25, 0.3) is 0 Å². The maximum atomic E-state index is 9.87. The molecule has 0 spiro atoms. The van der Waals surface area contributed by atoms with Crippen LogP contribution in [0.5, 0.6) is 23.0 Å². The summed E-state index contributed by atoms with van der Waals surface area (Å²) in [5.74, 6) is -1.93. The van der Waals surface area contributed by atoms with Crippen LogP contribution in [0.2, 0.25) is 0 Å². The zero-order valence-corrected chi connectivity index (χ0v) is 14.1. The van der Waals surface area contributed by atoms with Crippen LogP contribution in [-0.2, 0) is 12.8 Å². The molecule has 3 aromatic carbocycles. The molecule has 0 saturated heterocycles. The van der Waals surface area contributed by atoms with E-state index in [1.54, 1.807) is 6.08 Å². The van der Waals surface area contributed by atoms with E-state index >= 15 is 0 Å². The van der Waals surface area contributed by atoms with Crippen molar-refractivity contribution < 1.29 is 20.4 Å². The van der Waals surface area contributed by atoms with Crippen LogP contribution in [0.25, 0.3) is 12.2 Å². The number of benzene rings is 3. The van der Waals surface area contributed by atoms with Crippen molar-refractivity contribution in [2.45, 2.75) is 12.8 Å². The average Bonchev–Trinajstić information content (AvgIpc) is 2.66. The molecular formula is C22H20O4. The number of hydrogen-bond donors (Lipinski definition) is 4. The highest BCUT2D eigenvalue weighted by atomic mass is 16.3. The van der Waals surface area contributed by atoms with Gasteiger partial charge in [-0.15, -0.1) is 0 Å². The van der Waals surface area contributed by atoms with E-state index in [1.165, 1.54) is 17.2 Å². The first-order valence-corrected chi connectivity index (χ1v) is 8.32. The van der Waals surface area contributed by atoms with Gasteiger partial charge in [-0.25, -0.2) is 0 Å². The minimum atomic E-state index is -0.489. The van der Waals surface area contributed by atoms with Crippen LogP contribution in [-0.4, -0.2) is 20.4 Å². The Morgan fingerprint density at radius 1 is 0.615 bits per heavy atom. The van der Waals surface area contributed by atoms with Crippen molar-refractivity contribution in [1.29, 1.82) is 0 Å². The fraction of sp³-hybridized carbons (Fsp3) is 0.0909. The van der Waals surface area contributed by atoms with Gasteiger partial charge in [-0.1, -0.05) is 60.7 Å². The van der Waals surface area contributed by atoms with Crippen molar-refractivity contribution in [2.75, 3.05) is 0 Å². The van der Waals surface area contributed by atoms with Crippen LogP contribution in [0, 0.1) is 0 Å². The third kappa shape index (κ3) is 3.98. The zero-order valence-electron chi connectivity index (χ0n) is 14.1. The number of phenols is 4. The molecule has 0 aliphatic rings. The molecular weight excluding hydrogens is 328 g/mol. The highest BCUT2D eigenvalue weighted by Gasteiger charge is 2.14. The number of hydrogen-bond acceptors (Lipinski definition) is 4. The molecule has 0 atom stereocenters. The molecule has 0 amide bonds. The van der Waals surface area contributed by atoms with Crippen LogP contribution in [0.3, 0.4) is 0 Å². The standard InChI is InChI=1S/C22H20O4/c23-19-14-20(24)22(26)18(21(19)25)12-11-17-8-4-7-16(13-17)10-9-15-5-2-1-3-6-15/h1-8,11-14,23-26H,9-10H2/b12-11+. The number of aryl methyl sites for hydroxylation is 2. The Hall–Kier alpha value is -3.40. The van der Waals surface area contributed by atoms with E-state index < -0.39 is 23.0 Å². The van der Waals surface area contributed by atoms with Crippen LogP contribution >= 0.6 is 0 Å². The summed E-state index contributed by atoms with van der Waals surface area (Å²) in [5.41, 5.74) is 3.30. The summed E-state index contributed by atoms with van der Waals surface area (Å²) >= 11 is 0. The van der Waals surface area contributed by atoms with Gasteiger partial charge in [0, 0.05) is 6.07 Å². The van der Waals surface area contributed by atoms with Gasteiger partial charge in [-0.05, 0) is 35.6 Å². The summed E-state index contributed by atoms with van der Waals surface area (Å²) in [6.07, 6.45) is 5.01. The van der Waals surface area contributed by atoms with Crippen LogP contribution in [0.1, 0.15) is 22.3 Å². The van der Waals surface area contributed by atoms with Gasteiger partial charge in [-0.3, -0.25) is 0 Å². The van der Waals surface area contributed by atoms with Gasteiger partial charge >= 0.3 is 0 Å². The molecule has 0 heterocycles. The smallest absolute Gasteiger partial charge is 0.168 e. The first kappa shape index (κ1) is 17.4. The molecule has 0 aliphatic heterocycles. The Bertz CT molecular complexity index is 904. The predicted molar refractivity (Wildman–Crippen MR) is 102 cm³/mol. The fourth-order valence-corrected chi connectivity index (χ4v) is 2.78. The van der Waals surface area contributed by atoms with Gasteiger partial charge in [0.1, 0.15) is 0 Å². The first-order valence-electron chi connectivity index (χ1n) is 8.32.